The summed E-state index contributed by atoms with van der Waals surface area (Å²) >= 11 is 3.33. The molecular formula is C11H10BrNO. The van der Waals surface area contributed by atoms with E-state index in [0.717, 1.165) is 10.0 Å². The van der Waals surface area contributed by atoms with Crippen LogP contribution in [0.3, 0.4) is 0 Å². The number of hydrogen-bond acceptors (Lipinski definition) is 2. The third-order valence-corrected chi connectivity index (χ3v) is 2.74. The predicted octanol–water partition coefficient (Wildman–Crippen LogP) is 3.04. The molecule has 0 radical (unpaired) electrons. The summed E-state index contributed by atoms with van der Waals surface area (Å²) in [7, 11) is 0. The summed E-state index contributed by atoms with van der Waals surface area (Å²) in [6, 6.07) is 9.35. The lowest BCUT2D eigenvalue weighted by molar-refractivity contribution is -0.119. The van der Waals surface area contributed by atoms with Crippen molar-refractivity contribution < 1.29 is 4.79 Å². The molecule has 14 heavy (non-hydrogen) atoms. The minimum Gasteiger partial charge on any atom is -0.298 e. The lowest BCUT2D eigenvalue weighted by Gasteiger charge is -2.08. The van der Waals surface area contributed by atoms with E-state index in [4.69, 9.17) is 5.26 Å². The van der Waals surface area contributed by atoms with Crippen LogP contribution in [0.25, 0.3) is 0 Å². The molecule has 0 saturated heterocycles. The molecule has 2 nitrogen and oxygen atoms in total. The Kier molecular flexibility index (Phi) is 3.84. The second kappa shape index (κ2) is 4.92. The number of benzene rings is 1. The monoisotopic (exact) mass is 251 g/mol. The van der Waals surface area contributed by atoms with Crippen LogP contribution >= 0.6 is 15.9 Å². The fraction of sp³-hybridized carbons (Fsp3) is 0.273. The van der Waals surface area contributed by atoms with Gasteiger partial charge in [-0.15, -0.1) is 0 Å². The van der Waals surface area contributed by atoms with Crippen LogP contribution in [0.15, 0.2) is 28.7 Å². The van der Waals surface area contributed by atoms with Gasteiger partial charge < -0.3 is 0 Å². The van der Waals surface area contributed by atoms with Crippen LogP contribution in [0.1, 0.15) is 24.8 Å². The van der Waals surface area contributed by atoms with Gasteiger partial charge in [-0.05, 0) is 11.6 Å². The van der Waals surface area contributed by atoms with Crippen LogP contribution in [-0.2, 0) is 4.79 Å². The molecule has 0 fully saturated rings. The van der Waals surface area contributed by atoms with Crippen molar-refractivity contribution in [2.24, 2.45) is 0 Å². The Hall–Kier alpha value is -1.14. The highest BCUT2D eigenvalue weighted by Gasteiger charge is 2.19. The molecule has 0 N–H and O–H groups in total. The summed E-state index contributed by atoms with van der Waals surface area (Å²) in [5.41, 5.74) is 0.752. The molecule has 0 bridgehead atoms. The van der Waals surface area contributed by atoms with E-state index in [1.54, 1.807) is 13.0 Å². The van der Waals surface area contributed by atoms with Gasteiger partial charge in [0.05, 0.1) is 6.07 Å². The molecule has 3 heteroatoms. The highest BCUT2D eigenvalue weighted by Crippen LogP contribution is 2.25. The van der Waals surface area contributed by atoms with Crippen molar-refractivity contribution in [3.8, 4) is 6.07 Å². The van der Waals surface area contributed by atoms with Gasteiger partial charge >= 0.3 is 0 Å². The van der Waals surface area contributed by atoms with Gasteiger partial charge in [0, 0.05) is 10.9 Å². The van der Waals surface area contributed by atoms with Gasteiger partial charge in [0.1, 0.15) is 5.92 Å². The molecule has 0 amide bonds. The number of carbonyl (C=O) groups excluding carboxylic acids is 1. The predicted molar refractivity (Wildman–Crippen MR) is 57.8 cm³/mol. The molecular weight excluding hydrogens is 242 g/mol. The van der Waals surface area contributed by atoms with E-state index in [0.29, 0.717) is 6.42 Å². The molecule has 0 spiro atoms. The summed E-state index contributed by atoms with van der Waals surface area (Å²) < 4.78 is 0.813. The average molecular weight is 252 g/mol. The Bertz CT molecular complexity index is 381. The minimum absolute atomic E-state index is 0.0422. The standard InChI is InChI=1S/C11H10BrNO/c1-2-11(14)9(7-13)8-5-3-4-6-10(8)12/h3-6,9H,2H2,1H3/t9-/m1/s1. The second-order valence-corrected chi connectivity index (χ2v) is 3.76. The molecule has 72 valence electrons. The van der Waals surface area contributed by atoms with Crippen molar-refractivity contribution in [3.05, 3.63) is 34.3 Å². The zero-order valence-electron chi connectivity index (χ0n) is 7.83. The second-order valence-electron chi connectivity index (χ2n) is 2.90. The summed E-state index contributed by atoms with van der Waals surface area (Å²) in [5, 5.41) is 8.91. The zero-order valence-corrected chi connectivity index (χ0v) is 9.41. The molecule has 0 heterocycles. The van der Waals surface area contributed by atoms with Crippen molar-refractivity contribution in [3.63, 3.8) is 0 Å². The number of hydrogen-bond donors (Lipinski definition) is 0. The number of carbonyl (C=O) groups is 1. The van der Waals surface area contributed by atoms with Crippen LogP contribution in [0.2, 0.25) is 0 Å². The van der Waals surface area contributed by atoms with E-state index in [2.05, 4.69) is 15.9 Å². The Labute approximate surface area is 91.7 Å². The Morgan fingerprint density at radius 3 is 2.71 bits per heavy atom. The fourth-order valence-corrected chi connectivity index (χ4v) is 1.74. The van der Waals surface area contributed by atoms with E-state index in [1.807, 2.05) is 24.3 Å². The van der Waals surface area contributed by atoms with E-state index in [1.165, 1.54) is 0 Å². The first-order chi connectivity index (χ1) is 6.70. The highest BCUT2D eigenvalue weighted by atomic mass is 79.9. The van der Waals surface area contributed by atoms with Gasteiger partial charge in [-0.3, -0.25) is 4.79 Å². The van der Waals surface area contributed by atoms with Crippen molar-refractivity contribution in [1.82, 2.24) is 0 Å². The van der Waals surface area contributed by atoms with E-state index < -0.39 is 5.92 Å². The lowest BCUT2D eigenvalue weighted by atomic mass is 9.95. The molecule has 1 aromatic carbocycles. The van der Waals surface area contributed by atoms with Crippen LogP contribution < -0.4 is 0 Å². The quantitative estimate of drug-likeness (QED) is 0.829. The fourth-order valence-electron chi connectivity index (χ4n) is 1.23. The summed E-state index contributed by atoms with van der Waals surface area (Å²) in [6.45, 7) is 1.77. The Morgan fingerprint density at radius 2 is 2.21 bits per heavy atom. The third kappa shape index (κ3) is 2.21. The van der Waals surface area contributed by atoms with E-state index in [-0.39, 0.29) is 5.78 Å². The molecule has 1 rings (SSSR count). The van der Waals surface area contributed by atoms with Gasteiger partial charge in [-0.2, -0.15) is 5.26 Å². The third-order valence-electron chi connectivity index (χ3n) is 2.02. The maximum atomic E-state index is 11.5. The number of Topliss-reactive ketones (excluding diaryl/α,β-unsaturated/α-hetero) is 1. The average Bonchev–Trinajstić information content (AvgIpc) is 2.21. The smallest absolute Gasteiger partial charge is 0.154 e. The minimum atomic E-state index is -0.643. The number of halogens is 1. The first-order valence-electron chi connectivity index (χ1n) is 4.37. The Balaban J connectivity index is 3.09. The van der Waals surface area contributed by atoms with E-state index >= 15 is 0 Å². The maximum Gasteiger partial charge on any atom is 0.154 e. The molecule has 0 aromatic heterocycles. The first-order valence-corrected chi connectivity index (χ1v) is 5.16. The van der Waals surface area contributed by atoms with Gasteiger partial charge in [0.25, 0.3) is 0 Å². The van der Waals surface area contributed by atoms with Crippen LogP contribution in [0, 0.1) is 11.3 Å². The Morgan fingerprint density at radius 1 is 1.57 bits per heavy atom. The summed E-state index contributed by atoms with van der Waals surface area (Å²) in [6.07, 6.45) is 0.388. The molecule has 1 aromatic rings. The SMILES string of the molecule is CCC(=O)[C@H](C#N)c1ccccc1Br. The van der Waals surface area contributed by atoms with Crippen LogP contribution in [-0.4, -0.2) is 5.78 Å². The van der Waals surface area contributed by atoms with Gasteiger partial charge in [0.15, 0.2) is 5.78 Å². The van der Waals surface area contributed by atoms with Crippen LogP contribution in [0.4, 0.5) is 0 Å². The van der Waals surface area contributed by atoms with Gasteiger partial charge in [0.2, 0.25) is 0 Å². The summed E-state index contributed by atoms with van der Waals surface area (Å²) in [5.74, 6) is -0.685. The maximum absolute atomic E-state index is 11.5. The highest BCUT2D eigenvalue weighted by molar-refractivity contribution is 9.10. The van der Waals surface area contributed by atoms with Crippen molar-refractivity contribution in [1.29, 1.82) is 5.26 Å². The van der Waals surface area contributed by atoms with Gasteiger partial charge in [-0.1, -0.05) is 41.1 Å². The molecule has 0 aliphatic carbocycles. The summed E-state index contributed by atoms with van der Waals surface area (Å²) in [4.78, 5) is 11.5. The van der Waals surface area contributed by atoms with E-state index in [9.17, 15) is 4.79 Å². The molecule has 0 aliphatic heterocycles. The number of nitrogens with zero attached hydrogens (tertiary/aromatic N) is 1. The van der Waals surface area contributed by atoms with Gasteiger partial charge in [-0.25, -0.2) is 0 Å². The topological polar surface area (TPSA) is 40.9 Å². The molecule has 0 aliphatic rings. The van der Waals surface area contributed by atoms with Crippen LogP contribution in [0.5, 0.6) is 0 Å². The largest absolute Gasteiger partial charge is 0.298 e. The van der Waals surface area contributed by atoms with Crippen molar-refractivity contribution in [2.45, 2.75) is 19.3 Å². The normalized spacial score (nSPS) is 11.8. The number of nitriles is 1. The number of rotatable bonds is 3. The van der Waals surface area contributed by atoms with Crippen molar-refractivity contribution in [2.75, 3.05) is 0 Å². The lowest BCUT2D eigenvalue weighted by Crippen LogP contribution is -2.09. The zero-order chi connectivity index (χ0) is 10.6. The molecule has 0 saturated carbocycles. The molecule has 1 atom stereocenters. The van der Waals surface area contributed by atoms with Crippen molar-refractivity contribution >= 4 is 21.7 Å². The number of ketones is 1. The molecule has 0 unspecified atom stereocenters. The first kappa shape index (κ1) is 10.9.